The van der Waals surface area contributed by atoms with Crippen molar-refractivity contribution < 1.29 is 9.59 Å². The molecule has 3 N–H and O–H groups in total. The van der Waals surface area contributed by atoms with Crippen LogP contribution in [0.25, 0.3) is 10.9 Å². The number of amides is 2. The molecule has 0 saturated carbocycles. The van der Waals surface area contributed by atoms with Crippen LogP contribution in [0.3, 0.4) is 0 Å². The molecule has 7 nitrogen and oxygen atoms in total. The van der Waals surface area contributed by atoms with Crippen molar-refractivity contribution in [2.75, 3.05) is 31.3 Å². The lowest BCUT2D eigenvalue weighted by molar-refractivity contribution is -0.116. The highest BCUT2D eigenvalue weighted by Crippen LogP contribution is 2.23. The van der Waals surface area contributed by atoms with Crippen LogP contribution in [0.5, 0.6) is 0 Å². The van der Waals surface area contributed by atoms with Crippen LogP contribution in [-0.4, -0.2) is 48.1 Å². The van der Waals surface area contributed by atoms with E-state index in [0.717, 1.165) is 23.9 Å². The average Bonchev–Trinajstić information content (AvgIpc) is 2.81. The minimum atomic E-state index is -0.0552. The predicted molar refractivity (Wildman–Crippen MR) is 82.2 cm³/mol. The maximum atomic E-state index is 11.9. The molecule has 0 saturated heterocycles. The molecule has 0 radical (unpaired) electrons. The lowest BCUT2D eigenvalue weighted by atomic mass is 10.2. The highest BCUT2D eigenvalue weighted by atomic mass is 16.1. The van der Waals surface area contributed by atoms with E-state index >= 15 is 0 Å². The van der Waals surface area contributed by atoms with E-state index in [0.29, 0.717) is 24.3 Å². The standard InChI is InChI=1S/C14H19N5O2/c1-19(2)7-3-4-13(21)16-14-11-6-5-10(15-9-20)8-12(11)17-18-14/h5-6,8-9H,3-4,7H2,1-2H3,(H,15,20)(H2,16,17,18,21). The molecule has 2 amide bonds. The van der Waals surface area contributed by atoms with Gasteiger partial charge in [-0.1, -0.05) is 0 Å². The monoisotopic (exact) mass is 289 g/mol. The van der Waals surface area contributed by atoms with Crippen LogP contribution in [-0.2, 0) is 9.59 Å². The normalized spacial score (nSPS) is 10.8. The molecule has 0 bridgehead atoms. The third-order valence-corrected chi connectivity index (χ3v) is 3.06. The summed E-state index contributed by atoms with van der Waals surface area (Å²) in [6.45, 7) is 0.870. The molecule has 21 heavy (non-hydrogen) atoms. The third-order valence-electron chi connectivity index (χ3n) is 3.06. The Labute approximate surface area is 122 Å². The molecule has 7 heteroatoms. The first-order valence-corrected chi connectivity index (χ1v) is 6.73. The molecule has 2 aromatic rings. The number of nitrogens with zero attached hydrogens (tertiary/aromatic N) is 2. The summed E-state index contributed by atoms with van der Waals surface area (Å²) in [5.74, 6) is 0.456. The molecule has 0 unspecified atom stereocenters. The minimum Gasteiger partial charge on any atom is -0.329 e. The molecule has 0 aliphatic rings. The fourth-order valence-corrected chi connectivity index (χ4v) is 2.02. The molecule has 1 aromatic heterocycles. The smallest absolute Gasteiger partial charge is 0.225 e. The molecule has 0 spiro atoms. The molecule has 0 atom stereocenters. The number of carbonyl (C=O) groups excluding carboxylic acids is 2. The third kappa shape index (κ3) is 4.03. The summed E-state index contributed by atoms with van der Waals surface area (Å²) in [5, 5.41) is 13.1. The topological polar surface area (TPSA) is 90.1 Å². The first-order valence-electron chi connectivity index (χ1n) is 6.73. The van der Waals surface area contributed by atoms with Gasteiger partial charge in [0, 0.05) is 17.5 Å². The summed E-state index contributed by atoms with van der Waals surface area (Å²) < 4.78 is 0. The molecular formula is C14H19N5O2. The van der Waals surface area contributed by atoms with Gasteiger partial charge in [0.15, 0.2) is 5.82 Å². The number of hydrogen-bond acceptors (Lipinski definition) is 4. The first kappa shape index (κ1) is 15.0. The summed E-state index contributed by atoms with van der Waals surface area (Å²) in [6, 6.07) is 5.33. The van der Waals surface area contributed by atoms with Crippen molar-refractivity contribution in [3.05, 3.63) is 18.2 Å². The van der Waals surface area contributed by atoms with Crippen LogP contribution in [0, 0.1) is 0 Å². The zero-order chi connectivity index (χ0) is 15.2. The van der Waals surface area contributed by atoms with E-state index in [-0.39, 0.29) is 5.91 Å². The van der Waals surface area contributed by atoms with Gasteiger partial charge in [-0.25, -0.2) is 0 Å². The summed E-state index contributed by atoms with van der Waals surface area (Å²) in [7, 11) is 3.95. The van der Waals surface area contributed by atoms with Crippen LogP contribution >= 0.6 is 0 Å². The Balaban J connectivity index is 2.02. The molecule has 112 valence electrons. The van der Waals surface area contributed by atoms with Crippen LogP contribution < -0.4 is 10.6 Å². The Morgan fingerprint density at radius 2 is 2.24 bits per heavy atom. The molecule has 0 aliphatic carbocycles. The lowest BCUT2D eigenvalue weighted by Crippen LogP contribution is -2.17. The van der Waals surface area contributed by atoms with Gasteiger partial charge in [0.05, 0.1) is 5.52 Å². The number of anilines is 2. The van der Waals surface area contributed by atoms with Crippen molar-refractivity contribution in [2.45, 2.75) is 12.8 Å². The van der Waals surface area contributed by atoms with Gasteiger partial charge in [0.2, 0.25) is 12.3 Å². The van der Waals surface area contributed by atoms with Gasteiger partial charge in [0.25, 0.3) is 0 Å². The van der Waals surface area contributed by atoms with Gasteiger partial charge in [0.1, 0.15) is 0 Å². The highest BCUT2D eigenvalue weighted by Gasteiger charge is 2.09. The number of nitrogens with one attached hydrogen (secondary N) is 3. The van der Waals surface area contributed by atoms with Crippen LogP contribution in [0.15, 0.2) is 18.2 Å². The van der Waals surface area contributed by atoms with E-state index in [9.17, 15) is 9.59 Å². The van der Waals surface area contributed by atoms with Gasteiger partial charge >= 0.3 is 0 Å². The Hall–Kier alpha value is -2.41. The first-order chi connectivity index (χ1) is 10.1. The quantitative estimate of drug-likeness (QED) is 0.672. The zero-order valence-corrected chi connectivity index (χ0v) is 12.1. The summed E-state index contributed by atoms with van der Waals surface area (Å²) >= 11 is 0. The second kappa shape index (κ2) is 6.85. The SMILES string of the molecule is CN(C)CCCC(=O)Nc1n[nH]c2cc(NC=O)ccc12. The minimum absolute atomic E-state index is 0.0552. The van der Waals surface area contributed by atoms with Crippen molar-refractivity contribution in [3.63, 3.8) is 0 Å². The van der Waals surface area contributed by atoms with Crippen molar-refractivity contribution >= 4 is 34.7 Å². The average molecular weight is 289 g/mol. The Morgan fingerprint density at radius 3 is 2.95 bits per heavy atom. The van der Waals surface area contributed by atoms with Crippen LogP contribution in [0.2, 0.25) is 0 Å². The van der Waals surface area contributed by atoms with Crippen molar-refractivity contribution in [2.24, 2.45) is 0 Å². The van der Waals surface area contributed by atoms with Crippen LogP contribution in [0.1, 0.15) is 12.8 Å². The second-order valence-corrected chi connectivity index (χ2v) is 5.05. The fourth-order valence-electron chi connectivity index (χ4n) is 2.02. The summed E-state index contributed by atoms with van der Waals surface area (Å²) in [5.41, 5.74) is 1.43. The van der Waals surface area contributed by atoms with Crippen molar-refractivity contribution in [1.82, 2.24) is 15.1 Å². The molecule has 1 aromatic carbocycles. The number of rotatable bonds is 7. The lowest BCUT2D eigenvalue weighted by Gasteiger charge is -2.08. The maximum absolute atomic E-state index is 11.9. The van der Waals surface area contributed by atoms with Gasteiger partial charge in [-0.2, -0.15) is 5.10 Å². The van der Waals surface area contributed by atoms with Gasteiger partial charge in [-0.15, -0.1) is 0 Å². The highest BCUT2D eigenvalue weighted by molar-refractivity contribution is 6.00. The van der Waals surface area contributed by atoms with Crippen molar-refractivity contribution in [1.29, 1.82) is 0 Å². The molecule has 0 fully saturated rings. The van der Waals surface area contributed by atoms with Crippen LogP contribution in [0.4, 0.5) is 11.5 Å². The van der Waals surface area contributed by atoms with Crippen molar-refractivity contribution in [3.8, 4) is 0 Å². The second-order valence-electron chi connectivity index (χ2n) is 5.05. The summed E-state index contributed by atoms with van der Waals surface area (Å²) in [4.78, 5) is 24.3. The molecule has 1 heterocycles. The summed E-state index contributed by atoms with van der Waals surface area (Å²) in [6.07, 6.45) is 1.87. The Bertz CT molecular complexity index is 635. The van der Waals surface area contributed by atoms with Gasteiger partial charge < -0.3 is 15.5 Å². The van der Waals surface area contributed by atoms with E-state index in [1.165, 1.54) is 0 Å². The number of aromatic nitrogens is 2. The number of H-pyrrole nitrogens is 1. The van der Waals surface area contributed by atoms with Gasteiger partial charge in [-0.05, 0) is 45.3 Å². The van der Waals surface area contributed by atoms with E-state index in [4.69, 9.17) is 0 Å². The number of carbonyl (C=O) groups is 2. The van der Waals surface area contributed by atoms with E-state index in [2.05, 4.69) is 20.8 Å². The zero-order valence-electron chi connectivity index (χ0n) is 12.1. The largest absolute Gasteiger partial charge is 0.329 e. The molecule has 2 rings (SSSR count). The fraction of sp³-hybridized carbons (Fsp3) is 0.357. The molecule has 0 aliphatic heterocycles. The molecular weight excluding hydrogens is 270 g/mol. The van der Waals surface area contributed by atoms with E-state index in [1.54, 1.807) is 18.2 Å². The van der Waals surface area contributed by atoms with E-state index < -0.39 is 0 Å². The Kier molecular flexibility index (Phi) is 4.89. The van der Waals surface area contributed by atoms with E-state index in [1.807, 2.05) is 19.0 Å². The maximum Gasteiger partial charge on any atom is 0.225 e. The van der Waals surface area contributed by atoms with Gasteiger partial charge in [-0.3, -0.25) is 14.7 Å². The number of aromatic amines is 1. The number of benzene rings is 1. The number of fused-ring (bicyclic) bond motifs is 1. The number of hydrogen-bond donors (Lipinski definition) is 3. The Morgan fingerprint density at radius 1 is 1.43 bits per heavy atom. The predicted octanol–water partition coefficient (Wildman–Crippen LogP) is 1.41.